The number of hydrogen-bond donors (Lipinski definition) is 0. The van der Waals surface area contributed by atoms with Gasteiger partial charge in [-0.3, -0.25) is 9.59 Å². The van der Waals surface area contributed by atoms with Gasteiger partial charge in [-0.15, -0.1) is 0 Å². The van der Waals surface area contributed by atoms with Gasteiger partial charge < -0.3 is 39.1 Å². The van der Waals surface area contributed by atoms with Gasteiger partial charge in [0.2, 0.25) is 0 Å². The van der Waals surface area contributed by atoms with Crippen LogP contribution in [0.25, 0.3) is 10.9 Å². The van der Waals surface area contributed by atoms with Crippen molar-refractivity contribution in [2.75, 3.05) is 0 Å². The van der Waals surface area contributed by atoms with Gasteiger partial charge in [-0.05, 0) is 25.0 Å². The van der Waals surface area contributed by atoms with Crippen molar-refractivity contribution in [1.29, 1.82) is 0 Å². The fourth-order valence-electron chi connectivity index (χ4n) is 2.44. The molecule has 0 unspecified atom stereocenters. The van der Waals surface area contributed by atoms with Crippen LogP contribution in [0.4, 0.5) is 52.1 Å². The predicted molar refractivity (Wildman–Crippen MR) is 87.2 cm³/mol. The van der Waals surface area contributed by atoms with Crippen molar-refractivity contribution in [3.8, 4) is 0 Å². The van der Waals surface area contributed by atoms with Gasteiger partial charge in [0.15, 0.2) is 11.7 Å². The van der Waals surface area contributed by atoms with E-state index in [1.807, 2.05) is 0 Å². The fraction of sp³-hybridized carbons (Fsp3) is 0.286. The summed E-state index contributed by atoms with van der Waals surface area (Å²) in [5.41, 5.74) is -2.99. The quantitative estimate of drug-likeness (QED) is 0.310. The Hall–Kier alpha value is -2.61. The summed E-state index contributed by atoms with van der Waals surface area (Å²) in [5, 5.41) is -0.291. The third kappa shape index (κ3) is 8.57. The smallest absolute Gasteiger partial charge is 0.418 e. The fourth-order valence-corrected chi connectivity index (χ4v) is 2.44. The Morgan fingerprint density at radius 3 is 1.74 bits per heavy atom. The maximum Gasteiger partial charge on any atom is 0.673 e. The SMILES string of the molecule is F[B-](F)(F)F.F[B-](F)(F)F.O=Cc1cn(C2CC2)c2c(C(F)(F)F)c(F)ccc2c1=O. The lowest BCUT2D eigenvalue weighted by atomic mass is 10.1. The number of hydrogen-bond acceptors (Lipinski definition) is 2. The number of alkyl halides is 3. The Morgan fingerprint density at radius 1 is 0.935 bits per heavy atom. The minimum Gasteiger partial charge on any atom is -0.418 e. The molecule has 31 heavy (non-hydrogen) atoms. The van der Waals surface area contributed by atoms with E-state index in [1.54, 1.807) is 0 Å². The van der Waals surface area contributed by atoms with Crippen molar-refractivity contribution in [1.82, 2.24) is 4.57 Å². The highest BCUT2D eigenvalue weighted by Gasteiger charge is 2.39. The van der Waals surface area contributed by atoms with Crippen molar-refractivity contribution in [2.24, 2.45) is 0 Å². The first-order chi connectivity index (χ1) is 13.8. The first-order valence-corrected chi connectivity index (χ1v) is 7.99. The van der Waals surface area contributed by atoms with Gasteiger partial charge in [-0.2, -0.15) is 13.2 Å². The molecule has 0 saturated heterocycles. The molecule has 0 bridgehead atoms. The Labute approximate surface area is 164 Å². The average molecular weight is 473 g/mol. The third-order valence-corrected chi connectivity index (χ3v) is 3.52. The summed E-state index contributed by atoms with van der Waals surface area (Å²) in [5.74, 6) is -1.43. The third-order valence-electron chi connectivity index (χ3n) is 3.52. The molecule has 0 N–H and O–H groups in total. The van der Waals surface area contributed by atoms with Gasteiger partial charge in [0.05, 0.1) is 11.1 Å². The van der Waals surface area contributed by atoms with Gasteiger partial charge in [-0.1, -0.05) is 0 Å². The number of fused-ring (bicyclic) bond motifs is 1. The highest BCUT2D eigenvalue weighted by atomic mass is 19.5. The van der Waals surface area contributed by atoms with Gasteiger partial charge in [0, 0.05) is 17.6 Å². The van der Waals surface area contributed by atoms with Crippen LogP contribution in [0.1, 0.15) is 34.8 Å². The molecule has 0 amide bonds. The van der Waals surface area contributed by atoms with Gasteiger partial charge >= 0.3 is 20.7 Å². The largest absolute Gasteiger partial charge is 0.673 e. The van der Waals surface area contributed by atoms with Crippen molar-refractivity contribution in [3.05, 3.63) is 45.5 Å². The summed E-state index contributed by atoms with van der Waals surface area (Å²) >= 11 is 0. The zero-order chi connectivity index (χ0) is 24.4. The summed E-state index contributed by atoms with van der Waals surface area (Å²) < 4.78 is 132. The second kappa shape index (κ2) is 9.26. The lowest BCUT2D eigenvalue weighted by Crippen LogP contribution is -2.19. The van der Waals surface area contributed by atoms with Crippen LogP contribution >= 0.6 is 0 Å². The van der Waals surface area contributed by atoms with Crippen molar-refractivity contribution < 1.29 is 56.9 Å². The Bertz CT molecular complexity index is 968. The monoisotopic (exact) mass is 473 g/mol. The minimum absolute atomic E-state index is 0.228. The second-order valence-electron chi connectivity index (χ2n) is 5.98. The first kappa shape index (κ1) is 26.4. The molecule has 3 rings (SSSR count). The minimum atomic E-state index is -6.00. The van der Waals surface area contributed by atoms with Crippen LogP contribution < -0.4 is 5.43 Å². The van der Waals surface area contributed by atoms with Crippen molar-refractivity contribution in [3.63, 3.8) is 0 Å². The van der Waals surface area contributed by atoms with Crippen LogP contribution in [0, 0.1) is 5.82 Å². The highest BCUT2D eigenvalue weighted by Crippen LogP contribution is 2.41. The standard InChI is InChI=1S/C14H9F4NO2.2BF4/c15-10-4-3-9-12(11(10)14(16,17)18)19(8-1-2-8)5-7(6-20)13(9)21;2*2-1(3,4)5/h3-6,8H,1-2H2;;/q;2*-1. The van der Waals surface area contributed by atoms with Gasteiger partial charge in [-0.25, -0.2) is 4.39 Å². The highest BCUT2D eigenvalue weighted by molar-refractivity contribution is 6.50. The predicted octanol–water partition coefficient (Wildman–Crippen LogP) is 5.91. The number of carbonyl (C=O) groups excluding carboxylic acids is 1. The molecule has 0 spiro atoms. The topological polar surface area (TPSA) is 39.1 Å². The Kier molecular flexibility index (Phi) is 7.89. The molecule has 1 saturated carbocycles. The number of pyridine rings is 1. The van der Waals surface area contributed by atoms with Gasteiger partial charge in [0.1, 0.15) is 11.4 Å². The zero-order valence-corrected chi connectivity index (χ0v) is 14.8. The van der Waals surface area contributed by atoms with Crippen molar-refractivity contribution in [2.45, 2.75) is 25.1 Å². The van der Waals surface area contributed by atoms with Crippen LogP contribution in [0.3, 0.4) is 0 Å². The van der Waals surface area contributed by atoms with E-state index in [9.17, 15) is 61.7 Å². The number of aromatic nitrogens is 1. The maximum absolute atomic E-state index is 13.7. The number of halogens is 12. The average Bonchev–Trinajstić information content (AvgIpc) is 3.35. The van der Waals surface area contributed by atoms with E-state index >= 15 is 0 Å². The summed E-state index contributed by atoms with van der Waals surface area (Å²) in [6, 6.07) is 1.36. The lowest BCUT2D eigenvalue weighted by molar-refractivity contribution is -0.138. The molecule has 174 valence electrons. The normalized spacial score (nSPS) is 14.3. The summed E-state index contributed by atoms with van der Waals surface area (Å²) in [6.45, 7) is 0. The molecule has 1 heterocycles. The molecule has 1 fully saturated rings. The number of aldehydes is 1. The van der Waals surface area contributed by atoms with Crippen LogP contribution in [0.2, 0.25) is 0 Å². The van der Waals surface area contributed by atoms with E-state index in [2.05, 4.69) is 0 Å². The van der Waals surface area contributed by atoms with Crippen molar-refractivity contribution >= 4 is 31.7 Å². The first-order valence-electron chi connectivity index (χ1n) is 7.99. The summed E-state index contributed by atoms with van der Waals surface area (Å²) in [4.78, 5) is 22.9. The molecule has 1 aromatic carbocycles. The summed E-state index contributed by atoms with van der Waals surface area (Å²) in [7, 11) is -12.0. The van der Waals surface area contributed by atoms with Gasteiger partial charge in [0.25, 0.3) is 0 Å². The van der Waals surface area contributed by atoms with E-state index in [1.165, 1.54) is 4.57 Å². The molecular formula is C14H9B2F12NO2-2. The number of nitrogens with zero attached hydrogens (tertiary/aromatic N) is 1. The van der Waals surface area contributed by atoms with E-state index < -0.39 is 43.0 Å². The molecule has 17 heteroatoms. The Morgan fingerprint density at radius 2 is 1.39 bits per heavy atom. The molecule has 1 aromatic heterocycles. The molecule has 1 aliphatic carbocycles. The summed E-state index contributed by atoms with van der Waals surface area (Å²) in [6.07, 6.45) is -2.27. The van der Waals surface area contributed by atoms with Crippen LogP contribution in [-0.4, -0.2) is 25.4 Å². The molecular weight excluding hydrogens is 464 g/mol. The Balaban J connectivity index is 0.000000404. The number of carbonyl (C=O) groups is 1. The second-order valence-corrected chi connectivity index (χ2v) is 5.98. The van der Waals surface area contributed by atoms with E-state index in [0.717, 1.165) is 12.3 Å². The molecule has 3 nitrogen and oxygen atoms in total. The molecule has 1 aliphatic rings. The number of rotatable bonds is 2. The molecule has 2 aromatic rings. The van der Waals surface area contributed by atoms with Crippen LogP contribution in [0.5, 0.6) is 0 Å². The molecule has 0 atom stereocenters. The molecule has 0 radical (unpaired) electrons. The van der Waals surface area contributed by atoms with E-state index in [4.69, 9.17) is 0 Å². The zero-order valence-electron chi connectivity index (χ0n) is 14.8. The van der Waals surface area contributed by atoms with E-state index in [-0.39, 0.29) is 17.0 Å². The van der Waals surface area contributed by atoms with Crippen LogP contribution in [0.15, 0.2) is 23.1 Å². The maximum atomic E-state index is 13.7. The molecule has 0 aliphatic heterocycles. The van der Waals surface area contributed by atoms with Crippen LogP contribution in [-0.2, 0) is 6.18 Å². The number of benzene rings is 1. The lowest BCUT2D eigenvalue weighted by Gasteiger charge is -2.17. The van der Waals surface area contributed by atoms with E-state index in [0.29, 0.717) is 25.2 Å².